The molecule has 2 nitrogen and oxygen atoms in total. The summed E-state index contributed by atoms with van der Waals surface area (Å²) >= 11 is 12.0. The first kappa shape index (κ1) is 11.5. The minimum Gasteiger partial charge on any atom is -0.472 e. The second-order valence-electron chi connectivity index (χ2n) is 3.58. The zero-order chi connectivity index (χ0) is 11.5. The van der Waals surface area contributed by atoms with Crippen LogP contribution in [0.25, 0.3) is 0 Å². The zero-order valence-electron chi connectivity index (χ0n) is 8.49. The van der Waals surface area contributed by atoms with E-state index in [-0.39, 0.29) is 6.04 Å². The van der Waals surface area contributed by atoms with Crippen molar-refractivity contribution in [3.8, 4) is 0 Å². The first-order valence-corrected chi connectivity index (χ1v) is 5.64. The number of rotatable bonds is 3. The van der Waals surface area contributed by atoms with Gasteiger partial charge in [-0.3, -0.25) is 0 Å². The van der Waals surface area contributed by atoms with Crippen LogP contribution in [0.5, 0.6) is 0 Å². The number of furan rings is 1. The van der Waals surface area contributed by atoms with Crippen LogP contribution in [0.2, 0.25) is 10.0 Å². The quantitative estimate of drug-likeness (QED) is 0.906. The van der Waals surface area contributed by atoms with Crippen LogP contribution in [-0.4, -0.2) is 0 Å². The molecule has 1 heterocycles. The molecular formula is C12H11Cl2NO. The molecule has 1 atom stereocenters. The van der Waals surface area contributed by atoms with Gasteiger partial charge in [0.1, 0.15) is 0 Å². The minimum absolute atomic E-state index is 0.130. The first-order valence-electron chi connectivity index (χ1n) is 4.89. The monoisotopic (exact) mass is 255 g/mol. The number of nitrogens with two attached hydrogens (primary N) is 1. The predicted molar refractivity (Wildman–Crippen MR) is 65.8 cm³/mol. The predicted octanol–water partition coefficient (Wildman–Crippen LogP) is 3.83. The molecule has 0 saturated heterocycles. The maximum Gasteiger partial charge on any atom is 0.0950 e. The lowest BCUT2D eigenvalue weighted by atomic mass is 10.0. The average molecular weight is 256 g/mol. The van der Waals surface area contributed by atoms with E-state index in [1.807, 2.05) is 18.2 Å². The van der Waals surface area contributed by atoms with Crippen molar-refractivity contribution in [3.63, 3.8) is 0 Å². The molecular weight excluding hydrogens is 245 g/mol. The molecule has 0 aliphatic heterocycles. The zero-order valence-corrected chi connectivity index (χ0v) is 10.0. The molecule has 1 aromatic carbocycles. The van der Waals surface area contributed by atoms with Crippen LogP contribution < -0.4 is 5.73 Å². The van der Waals surface area contributed by atoms with Gasteiger partial charge in [-0.25, -0.2) is 0 Å². The fraction of sp³-hybridized carbons (Fsp3) is 0.167. The molecule has 16 heavy (non-hydrogen) atoms. The van der Waals surface area contributed by atoms with E-state index in [2.05, 4.69) is 0 Å². The van der Waals surface area contributed by atoms with Gasteiger partial charge in [-0.05, 0) is 24.1 Å². The molecule has 0 fully saturated rings. The molecule has 0 radical (unpaired) electrons. The SMILES string of the molecule is NC(Cc1cccc(Cl)c1Cl)c1ccoc1. The van der Waals surface area contributed by atoms with Crippen molar-refractivity contribution in [1.29, 1.82) is 0 Å². The van der Waals surface area contributed by atoms with Gasteiger partial charge in [0.2, 0.25) is 0 Å². The Balaban J connectivity index is 2.18. The summed E-state index contributed by atoms with van der Waals surface area (Å²) in [6.45, 7) is 0. The van der Waals surface area contributed by atoms with E-state index < -0.39 is 0 Å². The minimum atomic E-state index is -0.130. The molecule has 2 aromatic rings. The smallest absolute Gasteiger partial charge is 0.0950 e. The first-order chi connectivity index (χ1) is 7.68. The van der Waals surface area contributed by atoms with E-state index >= 15 is 0 Å². The van der Waals surface area contributed by atoms with Gasteiger partial charge < -0.3 is 10.2 Å². The summed E-state index contributed by atoms with van der Waals surface area (Å²) in [4.78, 5) is 0. The molecule has 0 spiro atoms. The molecule has 0 aliphatic rings. The van der Waals surface area contributed by atoms with E-state index in [1.165, 1.54) is 0 Å². The van der Waals surface area contributed by atoms with Crippen LogP contribution in [0.4, 0.5) is 0 Å². The summed E-state index contributed by atoms with van der Waals surface area (Å²) in [6, 6.07) is 7.27. The average Bonchev–Trinajstić information content (AvgIpc) is 2.78. The van der Waals surface area contributed by atoms with E-state index in [0.717, 1.165) is 11.1 Å². The van der Waals surface area contributed by atoms with Gasteiger partial charge in [0.05, 0.1) is 22.6 Å². The molecule has 1 unspecified atom stereocenters. The van der Waals surface area contributed by atoms with Crippen molar-refractivity contribution in [3.05, 3.63) is 58.0 Å². The summed E-state index contributed by atoms with van der Waals surface area (Å²) in [5.41, 5.74) is 7.93. The molecule has 84 valence electrons. The Hall–Kier alpha value is -0.960. The molecule has 2 N–H and O–H groups in total. The molecule has 2 rings (SSSR count). The van der Waals surface area contributed by atoms with Gasteiger partial charge in [-0.2, -0.15) is 0 Å². The maximum absolute atomic E-state index is 6.09. The van der Waals surface area contributed by atoms with E-state index in [0.29, 0.717) is 16.5 Å². The Labute approximate surface area is 104 Å². The number of halogens is 2. The molecule has 0 aliphatic carbocycles. The van der Waals surface area contributed by atoms with Crippen LogP contribution in [0.15, 0.2) is 41.2 Å². The van der Waals surface area contributed by atoms with Crippen molar-refractivity contribution in [2.45, 2.75) is 12.5 Å². The Morgan fingerprint density at radius 2 is 2.06 bits per heavy atom. The highest BCUT2D eigenvalue weighted by molar-refractivity contribution is 6.42. The largest absolute Gasteiger partial charge is 0.472 e. The van der Waals surface area contributed by atoms with E-state index in [9.17, 15) is 0 Å². The summed E-state index contributed by atoms with van der Waals surface area (Å²) in [6.07, 6.45) is 3.89. The van der Waals surface area contributed by atoms with Crippen molar-refractivity contribution in [2.75, 3.05) is 0 Å². The van der Waals surface area contributed by atoms with Gasteiger partial charge in [0.15, 0.2) is 0 Å². The lowest BCUT2D eigenvalue weighted by Crippen LogP contribution is -2.12. The fourth-order valence-corrected chi connectivity index (χ4v) is 1.94. The second kappa shape index (κ2) is 4.91. The highest BCUT2D eigenvalue weighted by Gasteiger charge is 2.11. The molecule has 0 amide bonds. The third-order valence-electron chi connectivity index (χ3n) is 2.44. The Morgan fingerprint density at radius 3 is 2.75 bits per heavy atom. The maximum atomic E-state index is 6.09. The Kier molecular flexibility index (Phi) is 3.54. The van der Waals surface area contributed by atoms with Crippen molar-refractivity contribution in [2.24, 2.45) is 5.73 Å². The summed E-state index contributed by atoms with van der Waals surface area (Å²) in [7, 11) is 0. The van der Waals surface area contributed by atoms with Crippen molar-refractivity contribution in [1.82, 2.24) is 0 Å². The van der Waals surface area contributed by atoms with Crippen LogP contribution in [0.1, 0.15) is 17.2 Å². The Bertz CT molecular complexity index is 468. The van der Waals surface area contributed by atoms with Crippen LogP contribution in [0, 0.1) is 0 Å². The third-order valence-corrected chi connectivity index (χ3v) is 3.30. The van der Waals surface area contributed by atoms with E-state index in [1.54, 1.807) is 18.6 Å². The summed E-state index contributed by atoms with van der Waals surface area (Å²) < 4.78 is 4.99. The van der Waals surface area contributed by atoms with Crippen LogP contribution in [0.3, 0.4) is 0 Å². The topological polar surface area (TPSA) is 39.2 Å². The summed E-state index contributed by atoms with van der Waals surface area (Å²) in [5, 5.41) is 1.13. The molecule has 1 aromatic heterocycles. The van der Waals surface area contributed by atoms with Gasteiger partial charge >= 0.3 is 0 Å². The lowest BCUT2D eigenvalue weighted by molar-refractivity contribution is 0.558. The highest BCUT2D eigenvalue weighted by atomic mass is 35.5. The third kappa shape index (κ3) is 2.40. The van der Waals surface area contributed by atoms with Gasteiger partial charge in [-0.15, -0.1) is 0 Å². The van der Waals surface area contributed by atoms with Gasteiger partial charge in [0.25, 0.3) is 0 Å². The second-order valence-corrected chi connectivity index (χ2v) is 4.37. The number of hydrogen-bond donors (Lipinski definition) is 1. The van der Waals surface area contributed by atoms with E-state index in [4.69, 9.17) is 33.4 Å². The fourth-order valence-electron chi connectivity index (χ4n) is 1.55. The highest BCUT2D eigenvalue weighted by Crippen LogP contribution is 2.28. The number of hydrogen-bond acceptors (Lipinski definition) is 2. The normalized spacial score (nSPS) is 12.7. The van der Waals surface area contributed by atoms with Gasteiger partial charge in [-0.1, -0.05) is 35.3 Å². The van der Waals surface area contributed by atoms with Gasteiger partial charge in [0, 0.05) is 11.6 Å². The lowest BCUT2D eigenvalue weighted by Gasteiger charge is -2.11. The van der Waals surface area contributed by atoms with Crippen molar-refractivity contribution < 1.29 is 4.42 Å². The van der Waals surface area contributed by atoms with Crippen LogP contribution >= 0.6 is 23.2 Å². The standard InChI is InChI=1S/C12H11Cl2NO/c13-10-3-1-2-8(12(10)14)6-11(15)9-4-5-16-7-9/h1-5,7,11H,6,15H2. The molecule has 4 heteroatoms. The molecule has 0 bridgehead atoms. The van der Waals surface area contributed by atoms with Crippen LogP contribution in [-0.2, 0) is 6.42 Å². The number of benzene rings is 1. The Morgan fingerprint density at radius 1 is 1.25 bits per heavy atom. The summed E-state index contributed by atoms with van der Waals surface area (Å²) in [5.74, 6) is 0. The molecule has 0 saturated carbocycles. The van der Waals surface area contributed by atoms with Crippen molar-refractivity contribution >= 4 is 23.2 Å².